The van der Waals surface area contributed by atoms with Crippen molar-refractivity contribution >= 4 is 17.8 Å². The van der Waals surface area contributed by atoms with E-state index in [1.54, 1.807) is 6.08 Å². The number of carbonyl (C=O) groups is 2. The summed E-state index contributed by atoms with van der Waals surface area (Å²) in [5.74, 6) is -0.218. The Labute approximate surface area is 157 Å². The van der Waals surface area contributed by atoms with E-state index in [4.69, 9.17) is 9.47 Å². The van der Waals surface area contributed by atoms with E-state index in [-0.39, 0.29) is 23.4 Å². The molecule has 0 spiro atoms. The fourth-order valence-corrected chi connectivity index (χ4v) is 2.28. The van der Waals surface area contributed by atoms with Crippen LogP contribution in [0.25, 0.3) is 6.08 Å². The van der Waals surface area contributed by atoms with Crippen LogP contribution < -0.4 is 0 Å². The number of ether oxygens (including phenoxy) is 2. The SMILES string of the molecule is CC(C)C(=O)CCC(CCOC(C)(C)C)OC(=O)/C=C/c1ccccc1. The van der Waals surface area contributed by atoms with Crippen LogP contribution in [0.5, 0.6) is 0 Å². The van der Waals surface area contributed by atoms with Crippen LogP contribution in [0.1, 0.15) is 59.4 Å². The molecule has 0 aliphatic carbocycles. The molecule has 1 rings (SSSR count). The smallest absolute Gasteiger partial charge is 0.331 e. The minimum absolute atomic E-state index is 0.00449. The zero-order valence-corrected chi connectivity index (χ0v) is 16.7. The maximum atomic E-state index is 12.1. The number of hydrogen-bond acceptors (Lipinski definition) is 4. The molecule has 26 heavy (non-hydrogen) atoms. The molecule has 0 radical (unpaired) electrons. The Balaban J connectivity index is 2.59. The van der Waals surface area contributed by atoms with Gasteiger partial charge in [-0.25, -0.2) is 4.79 Å². The molecule has 1 aromatic carbocycles. The Morgan fingerprint density at radius 1 is 1.08 bits per heavy atom. The Bertz CT molecular complexity index is 582. The summed E-state index contributed by atoms with van der Waals surface area (Å²) in [5, 5.41) is 0. The maximum absolute atomic E-state index is 12.1. The van der Waals surface area contributed by atoms with E-state index >= 15 is 0 Å². The van der Waals surface area contributed by atoms with Gasteiger partial charge in [0.1, 0.15) is 11.9 Å². The molecule has 1 atom stereocenters. The molecule has 0 aromatic heterocycles. The van der Waals surface area contributed by atoms with Crippen molar-refractivity contribution in [2.45, 2.75) is 65.6 Å². The normalized spacial score (nSPS) is 13.2. The second-order valence-corrected chi connectivity index (χ2v) is 7.71. The van der Waals surface area contributed by atoms with Gasteiger partial charge in [0.15, 0.2) is 0 Å². The standard InChI is InChI=1S/C22H32O4/c1-17(2)20(23)13-12-19(15-16-25-22(3,4)5)26-21(24)14-11-18-9-7-6-8-10-18/h6-11,14,17,19H,12-13,15-16H2,1-5H3/b14-11+. The molecule has 0 N–H and O–H groups in total. The van der Waals surface area contributed by atoms with Crippen molar-refractivity contribution in [2.75, 3.05) is 6.61 Å². The van der Waals surface area contributed by atoms with Crippen molar-refractivity contribution in [3.05, 3.63) is 42.0 Å². The lowest BCUT2D eigenvalue weighted by atomic mass is 10.0. The highest BCUT2D eigenvalue weighted by atomic mass is 16.5. The molecule has 4 nitrogen and oxygen atoms in total. The number of ketones is 1. The van der Waals surface area contributed by atoms with Gasteiger partial charge in [-0.05, 0) is 38.8 Å². The maximum Gasteiger partial charge on any atom is 0.331 e. The van der Waals surface area contributed by atoms with E-state index in [0.29, 0.717) is 25.9 Å². The van der Waals surface area contributed by atoms with E-state index in [0.717, 1.165) is 5.56 Å². The van der Waals surface area contributed by atoms with Gasteiger partial charge in [0, 0.05) is 24.8 Å². The van der Waals surface area contributed by atoms with Crippen molar-refractivity contribution in [1.82, 2.24) is 0 Å². The highest BCUT2D eigenvalue weighted by molar-refractivity contribution is 5.87. The quantitative estimate of drug-likeness (QED) is 0.443. The van der Waals surface area contributed by atoms with Crippen molar-refractivity contribution in [2.24, 2.45) is 5.92 Å². The summed E-state index contributed by atoms with van der Waals surface area (Å²) in [6.07, 6.45) is 4.34. The average Bonchev–Trinajstić information content (AvgIpc) is 2.57. The van der Waals surface area contributed by atoms with Crippen LogP contribution >= 0.6 is 0 Å². The number of hydrogen-bond donors (Lipinski definition) is 0. The molecule has 4 heteroatoms. The van der Waals surface area contributed by atoms with Crippen LogP contribution in [0.15, 0.2) is 36.4 Å². The number of esters is 1. The van der Waals surface area contributed by atoms with Gasteiger partial charge in [0.25, 0.3) is 0 Å². The first-order chi connectivity index (χ1) is 12.2. The summed E-state index contributed by atoms with van der Waals surface area (Å²) in [6, 6.07) is 9.58. The van der Waals surface area contributed by atoms with Gasteiger partial charge in [-0.2, -0.15) is 0 Å². The van der Waals surface area contributed by atoms with Gasteiger partial charge in [0.05, 0.1) is 12.2 Å². The third-order valence-electron chi connectivity index (χ3n) is 3.83. The fraction of sp³-hybridized carbons (Fsp3) is 0.545. The first kappa shape index (κ1) is 22.1. The largest absolute Gasteiger partial charge is 0.459 e. The molecule has 0 aliphatic rings. The molecule has 0 aliphatic heterocycles. The Kier molecular flexibility index (Phi) is 9.28. The minimum atomic E-state index is -0.397. The van der Waals surface area contributed by atoms with Gasteiger partial charge >= 0.3 is 5.97 Å². The van der Waals surface area contributed by atoms with Crippen molar-refractivity contribution in [1.29, 1.82) is 0 Å². The number of Topliss-reactive ketones (excluding diaryl/α,β-unsaturated/α-hetero) is 1. The van der Waals surface area contributed by atoms with Crippen molar-refractivity contribution in [3.63, 3.8) is 0 Å². The molecular weight excluding hydrogens is 328 g/mol. The van der Waals surface area contributed by atoms with Crippen LogP contribution in [0, 0.1) is 5.92 Å². The second kappa shape index (κ2) is 10.9. The zero-order chi connectivity index (χ0) is 19.6. The molecular formula is C22H32O4. The molecule has 144 valence electrons. The van der Waals surface area contributed by atoms with Gasteiger partial charge in [-0.15, -0.1) is 0 Å². The predicted molar refractivity (Wildman–Crippen MR) is 105 cm³/mol. The Morgan fingerprint density at radius 3 is 2.31 bits per heavy atom. The first-order valence-electron chi connectivity index (χ1n) is 9.28. The molecule has 0 saturated heterocycles. The Hall–Kier alpha value is -1.94. The van der Waals surface area contributed by atoms with Crippen molar-refractivity contribution in [3.8, 4) is 0 Å². The van der Waals surface area contributed by atoms with Crippen LogP contribution in [0.2, 0.25) is 0 Å². The summed E-state index contributed by atoms with van der Waals surface area (Å²) in [6.45, 7) is 10.2. The summed E-state index contributed by atoms with van der Waals surface area (Å²) in [5.41, 5.74) is 0.697. The molecule has 0 fully saturated rings. The van der Waals surface area contributed by atoms with Crippen LogP contribution in [0.4, 0.5) is 0 Å². The lowest BCUT2D eigenvalue weighted by Crippen LogP contribution is -2.25. The predicted octanol–water partition coefficient (Wildman–Crippen LogP) is 4.82. The van der Waals surface area contributed by atoms with Gasteiger partial charge < -0.3 is 9.47 Å². The first-order valence-corrected chi connectivity index (χ1v) is 9.28. The minimum Gasteiger partial charge on any atom is -0.459 e. The summed E-state index contributed by atoms with van der Waals surface area (Å²) in [4.78, 5) is 24.0. The molecule has 0 heterocycles. The van der Waals surface area contributed by atoms with Crippen LogP contribution in [0.3, 0.4) is 0 Å². The molecule has 1 aromatic rings. The molecule has 1 unspecified atom stereocenters. The van der Waals surface area contributed by atoms with Gasteiger partial charge in [-0.1, -0.05) is 44.2 Å². The third kappa shape index (κ3) is 10.1. The zero-order valence-electron chi connectivity index (χ0n) is 16.7. The van der Waals surface area contributed by atoms with E-state index in [1.807, 2.05) is 65.0 Å². The van der Waals surface area contributed by atoms with Crippen LogP contribution in [-0.2, 0) is 19.1 Å². The highest BCUT2D eigenvalue weighted by Gasteiger charge is 2.18. The second-order valence-electron chi connectivity index (χ2n) is 7.71. The van der Waals surface area contributed by atoms with Gasteiger partial charge in [0.2, 0.25) is 0 Å². The Morgan fingerprint density at radius 2 is 1.73 bits per heavy atom. The van der Waals surface area contributed by atoms with E-state index < -0.39 is 5.97 Å². The summed E-state index contributed by atoms with van der Waals surface area (Å²) >= 11 is 0. The average molecular weight is 360 g/mol. The third-order valence-corrected chi connectivity index (χ3v) is 3.83. The van der Waals surface area contributed by atoms with E-state index in [9.17, 15) is 9.59 Å². The molecule has 0 amide bonds. The highest BCUT2D eigenvalue weighted by Crippen LogP contribution is 2.14. The van der Waals surface area contributed by atoms with Crippen molar-refractivity contribution < 1.29 is 19.1 Å². The van der Waals surface area contributed by atoms with Crippen LogP contribution in [-0.4, -0.2) is 30.1 Å². The lowest BCUT2D eigenvalue weighted by Gasteiger charge is -2.22. The molecule has 0 bridgehead atoms. The molecule has 0 saturated carbocycles. The van der Waals surface area contributed by atoms with E-state index in [1.165, 1.54) is 6.08 Å². The summed E-state index contributed by atoms with van der Waals surface area (Å²) < 4.78 is 11.3. The van der Waals surface area contributed by atoms with E-state index in [2.05, 4.69) is 0 Å². The van der Waals surface area contributed by atoms with Gasteiger partial charge in [-0.3, -0.25) is 4.79 Å². The number of rotatable bonds is 10. The fourth-order valence-electron chi connectivity index (χ4n) is 2.28. The topological polar surface area (TPSA) is 52.6 Å². The summed E-state index contributed by atoms with van der Waals surface area (Å²) in [7, 11) is 0. The monoisotopic (exact) mass is 360 g/mol. The number of benzene rings is 1. The lowest BCUT2D eigenvalue weighted by molar-refractivity contribution is -0.145. The number of carbonyl (C=O) groups excluding carboxylic acids is 2.